The first-order valence-corrected chi connectivity index (χ1v) is 7.44. The molecule has 3 N–H and O–H groups in total. The van der Waals surface area contributed by atoms with Crippen molar-refractivity contribution >= 4 is 22.9 Å². The van der Waals surface area contributed by atoms with Crippen LogP contribution < -0.4 is 5.32 Å². The molecular weight excluding hydrogens is 282 g/mol. The highest BCUT2D eigenvalue weighted by Gasteiger charge is 2.45. The minimum atomic E-state index is -0.867. The van der Waals surface area contributed by atoms with E-state index in [-0.39, 0.29) is 18.9 Å². The maximum Gasteiger partial charge on any atom is 0.310 e. The summed E-state index contributed by atoms with van der Waals surface area (Å²) in [6.45, 7) is 2.29. The number of aromatic amines is 1. The van der Waals surface area contributed by atoms with Crippen molar-refractivity contribution in [3.63, 3.8) is 0 Å². The molecule has 1 aliphatic rings. The fourth-order valence-electron chi connectivity index (χ4n) is 2.88. The molecule has 0 spiro atoms. The first-order chi connectivity index (χ1) is 10.5. The van der Waals surface area contributed by atoms with Crippen molar-refractivity contribution in [1.82, 2.24) is 15.3 Å². The number of aryl methyl sites for hydroxylation is 1. The van der Waals surface area contributed by atoms with Crippen LogP contribution in [0.1, 0.15) is 37.1 Å². The van der Waals surface area contributed by atoms with Crippen LogP contribution in [0.5, 0.6) is 0 Å². The number of carbonyl (C=O) groups excluding carboxylic acids is 1. The van der Waals surface area contributed by atoms with Gasteiger partial charge < -0.3 is 15.4 Å². The molecule has 1 aromatic carbocycles. The second-order valence-corrected chi connectivity index (χ2v) is 6.10. The number of nitrogens with zero attached hydrogens (tertiary/aromatic N) is 1. The SMILES string of the molecule is Cc1ccc2nc(CNC(=O)CC3(C(=O)O)CCC3)[nH]c2c1. The Morgan fingerprint density at radius 1 is 1.41 bits per heavy atom. The molecule has 0 atom stereocenters. The Morgan fingerprint density at radius 3 is 2.82 bits per heavy atom. The number of benzene rings is 1. The molecule has 116 valence electrons. The zero-order valence-corrected chi connectivity index (χ0v) is 12.5. The number of hydrogen-bond acceptors (Lipinski definition) is 3. The van der Waals surface area contributed by atoms with Crippen molar-refractivity contribution < 1.29 is 14.7 Å². The van der Waals surface area contributed by atoms with E-state index in [0.717, 1.165) is 23.0 Å². The van der Waals surface area contributed by atoms with Crippen LogP contribution in [0.4, 0.5) is 0 Å². The van der Waals surface area contributed by atoms with Gasteiger partial charge in [-0.25, -0.2) is 4.98 Å². The Kier molecular flexibility index (Phi) is 3.60. The minimum absolute atomic E-state index is 0.0433. The zero-order chi connectivity index (χ0) is 15.7. The van der Waals surface area contributed by atoms with Crippen molar-refractivity contribution in [3.8, 4) is 0 Å². The molecule has 22 heavy (non-hydrogen) atoms. The van der Waals surface area contributed by atoms with Crippen molar-refractivity contribution in [2.24, 2.45) is 5.41 Å². The third-order valence-corrected chi connectivity index (χ3v) is 4.40. The topological polar surface area (TPSA) is 95.1 Å². The average molecular weight is 301 g/mol. The number of imidazole rings is 1. The number of aromatic nitrogens is 2. The molecule has 3 rings (SSSR count). The molecule has 0 radical (unpaired) electrons. The first kappa shape index (κ1) is 14.6. The van der Waals surface area contributed by atoms with Crippen molar-refractivity contribution in [3.05, 3.63) is 29.6 Å². The zero-order valence-electron chi connectivity index (χ0n) is 12.5. The second-order valence-electron chi connectivity index (χ2n) is 6.10. The van der Waals surface area contributed by atoms with Crippen molar-refractivity contribution in [1.29, 1.82) is 0 Å². The molecule has 1 amide bonds. The summed E-state index contributed by atoms with van der Waals surface area (Å²) < 4.78 is 0. The molecule has 1 aliphatic carbocycles. The molecule has 6 heteroatoms. The minimum Gasteiger partial charge on any atom is -0.481 e. The highest BCUT2D eigenvalue weighted by atomic mass is 16.4. The summed E-state index contributed by atoms with van der Waals surface area (Å²) >= 11 is 0. The lowest BCUT2D eigenvalue weighted by atomic mass is 9.66. The van der Waals surface area contributed by atoms with E-state index in [4.69, 9.17) is 0 Å². The average Bonchev–Trinajstić information content (AvgIpc) is 2.82. The number of amides is 1. The van der Waals surface area contributed by atoms with Crippen LogP contribution in [0.3, 0.4) is 0 Å². The fraction of sp³-hybridized carbons (Fsp3) is 0.438. The maximum atomic E-state index is 12.0. The molecule has 0 aliphatic heterocycles. The third-order valence-electron chi connectivity index (χ3n) is 4.40. The van der Waals surface area contributed by atoms with Gasteiger partial charge in [0.2, 0.25) is 5.91 Å². The van der Waals surface area contributed by atoms with Crippen molar-refractivity contribution in [2.45, 2.75) is 39.2 Å². The summed E-state index contributed by atoms with van der Waals surface area (Å²) in [4.78, 5) is 30.8. The van der Waals surface area contributed by atoms with Gasteiger partial charge in [0.1, 0.15) is 5.82 Å². The summed E-state index contributed by atoms with van der Waals surface area (Å²) in [5.41, 5.74) is 2.08. The van der Waals surface area contributed by atoms with Crippen LogP contribution in [0.15, 0.2) is 18.2 Å². The Labute approximate surface area is 127 Å². The van der Waals surface area contributed by atoms with Crippen LogP contribution in [-0.4, -0.2) is 27.0 Å². The number of carboxylic acids is 1. The number of fused-ring (bicyclic) bond motifs is 1. The Balaban J connectivity index is 1.61. The predicted octanol–water partition coefficient (Wildman–Crippen LogP) is 2.13. The van der Waals surface area contributed by atoms with Gasteiger partial charge in [-0.3, -0.25) is 9.59 Å². The Bertz CT molecular complexity index is 731. The number of carbonyl (C=O) groups is 2. The molecule has 1 heterocycles. The van der Waals surface area contributed by atoms with Gasteiger partial charge in [-0.15, -0.1) is 0 Å². The molecule has 1 saturated carbocycles. The normalized spacial score (nSPS) is 16.2. The molecule has 6 nitrogen and oxygen atoms in total. The molecule has 0 bridgehead atoms. The Morgan fingerprint density at radius 2 is 2.18 bits per heavy atom. The number of carboxylic acid groups (broad SMARTS) is 1. The van der Waals surface area contributed by atoms with Gasteiger partial charge in [0, 0.05) is 6.42 Å². The van der Waals surface area contributed by atoms with Gasteiger partial charge in [-0.2, -0.15) is 0 Å². The van der Waals surface area contributed by atoms with E-state index in [1.165, 1.54) is 0 Å². The summed E-state index contributed by atoms with van der Waals surface area (Å²) in [5.74, 6) is -0.432. The van der Waals surface area contributed by atoms with Crippen LogP contribution in [0.25, 0.3) is 11.0 Å². The fourth-order valence-corrected chi connectivity index (χ4v) is 2.88. The number of hydrogen-bond donors (Lipinski definition) is 3. The van der Waals surface area contributed by atoms with Gasteiger partial charge in [-0.1, -0.05) is 12.5 Å². The highest BCUT2D eigenvalue weighted by Crippen LogP contribution is 2.44. The summed E-state index contributed by atoms with van der Waals surface area (Å²) in [5, 5.41) is 12.0. The van der Waals surface area contributed by atoms with E-state index in [1.807, 2.05) is 25.1 Å². The lowest BCUT2D eigenvalue weighted by molar-refractivity contribution is -0.157. The monoisotopic (exact) mass is 301 g/mol. The first-order valence-electron chi connectivity index (χ1n) is 7.44. The van der Waals surface area contributed by atoms with Gasteiger partial charge in [0.25, 0.3) is 0 Å². The van der Waals surface area contributed by atoms with Gasteiger partial charge in [-0.05, 0) is 37.5 Å². The van der Waals surface area contributed by atoms with Crippen LogP contribution in [-0.2, 0) is 16.1 Å². The van der Waals surface area contributed by atoms with E-state index in [1.54, 1.807) is 0 Å². The molecule has 1 fully saturated rings. The van der Waals surface area contributed by atoms with Gasteiger partial charge in [0.05, 0.1) is 23.0 Å². The third kappa shape index (κ3) is 2.68. The number of rotatable bonds is 5. The summed E-state index contributed by atoms with van der Waals surface area (Å²) in [7, 11) is 0. The lowest BCUT2D eigenvalue weighted by Gasteiger charge is -2.36. The maximum absolute atomic E-state index is 12.0. The van der Waals surface area contributed by atoms with E-state index in [2.05, 4.69) is 15.3 Å². The molecular formula is C16H19N3O3. The standard InChI is InChI=1S/C16H19N3O3/c1-10-3-4-11-12(7-10)19-13(18-11)9-17-14(20)8-16(15(21)22)5-2-6-16/h3-4,7H,2,5-6,8-9H2,1H3,(H,17,20)(H,18,19)(H,21,22). The van der Waals surface area contributed by atoms with Gasteiger partial charge >= 0.3 is 5.97 Å². The predicted molar refractivity (Wildman–Crippen MR) is 81.2 cm³/mol. The van der Waals surface area contributed by atoms with E-state index in [0.29, 0.717) is 18.7 Å². The number of aliphatic carboxylic acids is 1. The number of H-pyrrole nitrogens is 1. The largest absolute Gasteiger partial charge is 0.481 e. The summed E-state index contributed by atoms with van der Waals surface area (Å²) in [6.07, 6.45) is 2.09. The van der Waals surface area contributed by atoms with Crippen molar-refractivity contribution in [2.75, 3.05) is 0 Å². The lowest BCUT2D eigenvalue weighted by Crippen LogP contribution is -2.42. The van der Waals surface area contributed by atoms with Crippen LogP contribution >= 0.6 is 0 Å². The Hall–Kier alpha value is -2.37. The van der Waals surface area contributed by atoms with Gasteiger partial charge in [0.15, 0.2) is 0 Å². The second kappa shape index (κ2) is 5.44. The number of nitrogens with one attached hydrogen (secondary N) is 2. The van der Waals surface area contributed by atoms with E-state index >= 15 is 0 Å². The quantitative estimate of drug-likeness (QED) is 0.788. The van der Waals surface area contributed by atoms with Crippen LogP contribution in [0, 0.1) is 12.3 Å². The highest BCUT2D eigenvalue weighted by molar-refractivity contribution is 5.85. The smallest absolute Gasteiger partial charge is 0.310 e. The molecule has 1 aromatic heterocycles. The molecule has 2 aromatic rings. The molecule has 0 unspecified atom stereocenters. The summed E-state index contributed by atoms with van der Waals surface area (Å²) in [6, 6.07) is 5.92. The van der Waals surface area contributed by atoms with E-state index in [9.17, 15) is 14.7 Å². The molecule has 0 saturated heterocycles. The van der Waals surface area contributed by atoms with Crippen LogP contribution in [0.2, 0.25) is 0 Å². The van der Waals surface area contributed by atoms with E-state index < -0.39 is 11.4 Å².